The second-order valence-electron chi connectivity index (χ2n) is 7.88. The molecule has 0 saturated heterocycles. The Morgan fingerprint density at radius 2 is 1.96 bits per heavy atom. The van der Waals surface area contributed by atoms with Crippen molar-refractivity contribution in [2.24, 2.45) is 17.8 Å². The Hall–Kier alpha value is -1.62. The Balaban J connectivity index is 2.25. The Labute approximate surface area is 170 Å². The molecule has 0 saturated carbocycles. The lowest BCUT2D eigenvalue weighted by Crippen LogP contribution is -2.19. The van der Waals surface area contributed by atoms with Crippen molar-refractivity contribution in [1.82, 2.24) is 5.32 Å². The highest BCUT2D eigenvalue weighted by atomic mass is 16.5. The predicted octanol–water partition coefficient (Wildman–Crippen LogP) is 4.80. The molecule has 0 spiro atoms. The second kappa shape index (κ2) is 14.4. The van der Waals surface area contributed by atoms with Crippen LogP contribution in [0.3, 0.4) is 0 Å². The van der Waals surface area contributed by atoms with E-state index in [-0.39, 0.29) is 29.6 Å². The summed E-state index contributed by atoms with van der Waals surface area (Å²) in [6.07, 6.45) is 16.0. The SMILES string of the molecule is CCCCC(C)[C@H](O)/C=C/[C@H]1C=CC(=O)[C@@H]1CCCCCCCOC(=O)NC. The number of allylic oxidation sites excluding steroid dienone is 3. The van der Waals surface area contributed by atoms with Gasteiger partial charge < -0.3 is 15.2 Å². The average molecular weight is 394 g/mol. The largest absolute Gasteiger partial charge is 0.450 e. The molecule has 4 atom stereocenters. The summed E-state index contributed by atoms with van der Waals surface area (Å²) in [7, 11) is 1.55. The Kier molecular flexibility index (Phi) is 12.5. The number of ether oxygens (including phenoxy) is 1. The van der Waals surface area contributed by atoms with E-state index in [2.05, 4.69) is 19.2 Å². The molecule has 0 heterocycles. The van der Waals surface area contributed by atoms with E-state index in [1.807, 2.05) is 18.2 Å². The third kappa shape index (κ3) is 9.54. The molecule has 0 bridgehead atoms. The number of nitrogens with one attached hydrogen (secondary N) is 1. The predicted molar refractivity (Wildman–Crippen MR) is 113 cm³/mol. The summed E-state index contributed by atoms with van der Waals surface area (Å²) in [5.74, 6) is 0.595. The van der Waals surface area contributed by atoms with Crippen LogP contribution in [0.1, 0.15) is 71.6 Å². The lowest BCUT2D eigenvalue weighted by atomic mass is 9.88. The molecule has 1 unspecified atom stereocenters. The number of alkyl carbamates (subject to hydrolysis) is 1. The molecule has 5 nitrogen and oxygen atoms in total. The van der Waals surface area contributed by atoms with E-state index in [0.29, 0.717) is 6.61 Å². The van der Waals surface area contributed by atoms with Gasteiger partial charge in [0.2, 0.25) is 0 Å². The van der Waals surface area contributed by atoms with Crippen LogP contribution in [0, 0.1) is 17.8 Å². The highest BCUT2D eigenvalue weighted by Crippen LogP contribution is 2.29. The van der Waals surface area contributed by atoms with Crippen LogP contribution in [0.2, 0.25) is 0 Å². The summed E-state index contributed by atoms with van der Waals surface area (Å²) in [6, 6.07) is 0. The zero-order chi connectivity index (χ0) is 20.8. The molecule has 0 radical (unpaired) electrons. The van der Waals surface area contributed by atoms with Gasteiger partial charge in [-0.3, -0.25) is 4.79 Å². The monoisotopic (exact) mass is 393 g/mol. The number of hydrogen-bond acceptors (Lipinski definition) is 4. The summed E-state index contributed by atoms with van der Waals surface area (Å²) in [5.41, 5.74) is 0. The highest BCUT2D eigenvalue weighted by Gasteiger charge is 2.27. The number of rotatable bonds is 14. The van der Waals surface area contributed by atoms with Gasteiger partial charge in [-0.1, -0.05) is 70.6 Å². The van der Waals surface area contributed by atoms with E-state index in [4.69, 9.17) is 4.74 Å². The molecule has 0 aromatic heterocycles. The van der Waals surface area contributed by atoms with Crippen LogP contribution in [-0.2, 0) is 9.53 Å². The molecule has 1 aliphatic rings. The quantitative estimate of drug-likeness (QED) is 0.328. The maximum Gasteiger partial charge on any atom is 0.406 e. The molecular weight excluding hydrogens is 354 g/mol. The van der Waals surface area contributed by atoms with Gasteiger partial charge in [-0.25, -0.2) is 4.79 Å². The Morgan fingerprint density at radius 3 is 2.68 bits per heavy atom. The van der Waals surface area contributed by atoms with Crippen LogP contribution >= 0.6 is 0 Å². The second-order valence-corrected chi connectivity index (χ2v) is 7.88. The van der Waals surface area contributed by atoms with Gasteiger partial charge in [0.15, 0.2) is 5.78 Å². The van der Waals surface area contributed by atoms with Crippen molar-refractivity contribution >= 4 is 11.9 Å². The maximum absolute atomic E-state index is 12.2. The summed E-state index contributed by atoms with van der Waals surface area (Å²) in [4.78, 5) is 23.1. The summed E-state index contributed by atoms with van der Waals surface area (Å²) in [5, 5.41) is 12.7. The van der Waals surface area contributed by atoms with E-state index in [0.717, 1.165) is 57.8 Å². The first kappa shape index (κ1) is 24.4. The number of carbonyl (C=O) groups excluding carboxylic acids is 2. The van der Waals surface area contributed by atoms with Crippen molar-refractivity contribution < 1.29 is 19.4 Å². The third-order valence-electron chi connectivity index (χ3n) is 5.54. The minimum Gasteiger partial charge on any atom is -0.450 e. The Morgan fingerprint density at radius 1 is 1.25 bits per heavy atom. The molecule has 2 N–H and O–H groups in total. The van der Waals surface area contributed by atoms with E-state index in [1.54, 1.807) is 13.1 Å². The first-order valence-electron chi connectivity index (χ1n) is 10.9. The summed E-state index contributed by atoms with van der Waals surface area (Å²) in [6.45, 7) is 4.70. The van der Waals surface area contributed by atoms with Gasteiger partial charge in [0, 0.05) is 18.9 Å². The van der Waals surface area contributed by atoms with Crippen molar-refractivity contribution in [3.63, 3.8) is 0 Å². The van der Waals surface area contributed by atoms with Crippen LogP contribution in [-0.4, -0.2) is 36.7 Å². The fraction of sp³-hybridized carbons (Fsp3) is 0.739. The fourth-order valence-electron chi connectivity index (χ4n) is 3.55. The fourth-order valence-corrected chi connectivity index (χ4v) is 3.55. The molecule has 1 amide bonds. The van der Waals surface area contributed by atoms with Crippen LogP contribution in [0.15, 0.2) is 24.3 Å². The molecule has 28 heavy (non-hydrogen) atoms. The summed E-state index contributed by atoms with van der Waals surface area (Å²) >= 11 is 0. The highest BCUT2D eigenvalue weighted by molar-refractivity contribution is 5.94. The lowest BCUT2D eigenvalue weighted by molar-refractivity contribution is -0.118. The minimum atomic E-state index is -0.437. The van der Waals surface area contributed by atoms with Gasteiger partial charge in [-0.05, 0) is 31.3 Å². The third-order valence-corrected chi connectivity index (χ3v) is 5.54. The van der Waals surface area contributed by atoms with Gasteiger partial charge >= 0.3 is 6.09 Å². The van der Waals surface area contributed by atoms with Gasteiger partial charge in [0.1, 0.15) is 0 Å². The van der Waals surface area contributed by atoms with Crippen molar-refractivity contribution in [3.05, 3.63) is 24.3 Å². The molecule has 0 aromatic carbocycles. The molecule has 1 rings (SSSR count). The number of aliphatic hydroxyl groups excluding tert-OH is 1. The number of ketones is 1. The van der Waals surface area contributed by atoms with Gasteiger partial charge in [0.05, 0.1) is 12.7 Å². The molecule has 0 aliphatic heterocycles. The topological polar surface area (TPSA) is 75.6 Å². The smallest absolute Gasteiger partial charge is 0.406 e. The van der Waals surface area contributed by atoms with Crippen molar-refractivity contribution in [1.29, 1.82) is 0 Å². The van der Waals surface area contributed by atoms with Crippen LogP contribution < -0.4 is 5.32 Å². The first-order valence-corrected chi connectivity index (χ1v) is 10.9. The van der Waals surface area contributed by atoms with Crippen LogP contribution in [0.25, 0.3) is 0 Å². The summed E-state index contributed by atoms with van der Waals surface area (Å²) < 4.78 is 4.96. The molecule has 160 valence electrons. The van der Waals surface area contributed by atoms with Crippen molar-refractivity contribution in [2.45, 2.75) is 77.7 Å². The van der Waals surface area contributed by atoms with Crippen LogP contribution in [0.5, 0.6) is 0 Å². The van der Waals surface area contributed by atoms with Crippen LogP contribution in [0.4, 0.5) is 4.79 Å². The number of unbranched alkanes of at least 4 members (excludes halogenated alkanes) is 5. The first-order chi connectivity index (χ1) is 13.5. The number of carbonyl (C=O) groups is 2. The molecule has 5 heteroatoms. The molecular formula is C23H39NO4. The number of hydrogen-bond donors (Lipinski definition) is 2. The normalized spacial score (nSPS) is 21.2. The average Bonchev–Trinajstić information content (AvgIpc) is 3.05. The van der Waals surface area contributed by atoms with Crippen molar-refractivity contribution in [3.8, 4) is 0 Å². The molecule has 1 aliphatic carbocycles. The van der Waals surface area contributed by atoms with Crippen molar-refractivity contribution in [2.75, 3.05) is 13.7 Å². The van der Waals surface area contributed by atoms with Gasteiger partial charge in [-0.2, -0.15) is 0 Å². The zero-order valence-corrected chi connectivity index (χ0v) is 17.9. The van der Waals surface area contributed by atoms with Gasteiger partial charge in [-0.15, -0.1) is 0 Å². The lowest BCUT2D eigenvalue weighted by Gasteiger charge is -2.18. The van der Waals surface area contributed by atoms with E-state index >= 15 is 0 Å². The maximum atomic E-state index is 12.2. The number of aliphatic hydroxyl groups is 1. The molecule has 0 aromatic rings. The zero-order valence-electron chi connectivity index (χ0n) is 17.9. The van der Waals surface area contributed by atoms with Gasteiger partial charge in [0.25, 0.3) is 0 Å². The number of amides is 1. The van der Waals surface area contributed by atoms with E-state index < -0.39 is 6.10 Å². The Bertz CT molecular complexity index is 515. The standard InChI is InChI=1S/C23H39NO4/c1-4-5-11-18(2)21(25)15-13-19-14-16-22(26)20(19)12-9-7-6-8-10-17-28-23(27)24-3/h13-16,18-21,25H,4-12,17H2,1-3H3,(H,24,27)/b15-13+/t18?,19-,20+,21+/m0/s1. The minimum absolute atomic E-state index is 0.0194. The van der Waals surface area contributed by atoms with E-state index in [9.17, 15) is 14.7 Å². The molecule has 0 fully saturated rings. The van der Waals surface area contributed by atoms with E-state index in [1.165, 1.54) is 0 Å².